The van der Waals surface area contributed by atoms with E-state index in [9.17, 15) is 13.2 Å². The van der Waals surface area contributed by atoms with Crippen molar-refractivity contribution in [1.82, 2.24) is 4.98 Å². The third-order valence-corrected chi connectivity index (χ3v) is 8.75. The second kappa shape index (κ2) is 8.30. The Hall–Kier alpha value is -2.16. The summed E-state index contributed by atoms with van der Waals surface area (Å²) in [7, 11) is -2.95. The summed E-state index contributed by atoms with van der Waals surface area (Å²) in [4.78, 5) is 18.2. The number of carbonyl (C=O) groups excluding carboxylic acids is 1. The van der Waals surface area contributed by atoms with Gasteiger partial charge in [0.2, 0.25) is 0 Å². The van der Waals surface area contributed by atoms with Crippen LogP contribution in [0.3, 0.4) is 0 Å². The minimum atomic E-state index is -2.95. The lowest BCUT2D eigenvalue weighted by molar-refractivity contribution is 0.102. The molecule has 3 aromatic rings. The molecule has 1 aromatic heterocycles. The third-order valence-electron chi connectivity index (χ3n) is 4.65. The van der Waals surface area contributed by atoms with Crippen LogP contribution in [-0.4, -0.2) is 36.1 Å². The summed E-state index contributed by atoms with van der Waals surface area (Å²) in [5.74, 6) is 0.186. The summed E-state index contributed by atoms with van der Waals surface area (Å²) < 4.78 is 23.5. The molecule has 1 saturated heterocycles. The van der Waals surface area contributed by atoms with Crippen LogP contribution < -0.4 is 5.32 Å². The van der Waals surface area contributed by atoms with Crippen LogP contribution in [0.15, 0.2) is 58.8 Å². The number of anilines is 1. The minimum absolute atomic E-state index is 0.00909. The van der Waals surface area contributed by atoms with E-state index in [2.05, 4.69) is 10.3 Å². The zero-order valence-electron chi connectivity index (χ0n) is 15.8. The van der Waals surface area contributed by atoms with Crippen LogP contribution in [0.4, 0.5) is 5.69 Å². The van der Waals surface area contributed by atoms with Crippen molar-refractivity contribution in [3.05, 3.63) is 64.5 Å². The molecule has 0 aliphatic carbocycles. The molecule has 1 fully saturated rings. The summed E-state index contributed by atoms with van der Waals surface area (Å²) in [5, 5.41) is 5.95. The van der Waals surface area contributed by atoms with E-state index in [1.165, 1.54) is 11.8 Å². The Morgan fingerprint density at radius 3 is 2.76 bits per heavy atom. The van der Waals surface area contributed by atoms with E-state index < -0.39 is 9.84 Å². The van der Waals surface area contributed by atoms with E-state index >= 15 is 0 Å². The van der Waals surface area contributed by atoms with Crippen molar-refractivity contribution < 1.29 is 13.2 Å². The number of hydrogen-bond acceptors (Lipinski definition) is 6. The largest absolute Gasteiger partial charge is 0.322 e. The highest BCUT2D eigenvalue weighted by molar-refractivity contribution is 8.02. The van der Waals surface area contributed by atoms with E-state index in [1.54, 1.807) is 17.4 Å². The van der Waals surface area contributed by atoms with E-state index in [4.69, 9.17) is 0 Å². The molecule has 1 unspecified atom stereocenters. The number of sulfone groups is 1. The number of amides is 1. The number of rotatable bonds is 5. The first-order valence-electron chi connectivity index (χ1n) is 9.20. The molecule has 150 valence electrons. The summed E-state index contributed by atoms with van der Waals surface area (Å²) in [6, 6.07) is 14.9. The van der Waals surface area contributed by atoms with E-state index in [0.29, 0.717) is 17.7 Å². The molecule has 8 heteroatoms. The van der Waals surface area contributed by atoms with E-state index in [1.807, 2.05) is 54.8 Å². The van der Waals surface area contributed by atoms with Crippen LogP contribution in [-0.2, 0) is 9.84 Å². The van der Waals surface area contributed by atoms with Gasteiger partial charge < -0.3 is 5.32 Å². The van der Waals surface area contributed by atoms with Gasteiger partial charge in [-0.15, -0.1) is 23.1 Å². The summed E-state index contributed by atoms with van der Waals surface area (Å²) in [5.41, 5.74) is 3.09. The number of thioether (sulfide) groups is 1. The summed E-state index contributed by atoms with van der Waals surface area (Å²) >= 11 is 3.06. The van der Waals surface area contributed by atoms with Gasteiger partial charge in [0.1, 0.15) is 0 Å². The van der Waals surface area contributed by atoms with Crippen LogP contribution in [0, 0.1) is 6.92 Å². The van der Waals surface area contributed by atoms with Crippen molar-refractivity contribution in [3.63, 3.8) is 0 Å². The van der Waals surface area contributed by atoms with Gasteiger partial charge in [-0.1, -0.05) is 24.3 Å². The molecule has 1 amide bonds. The zero-order chi connectivity index (χ0) is 20.4. The Kier molecular flexibility index (Phi) is 5.76. The van der Waals surface area contributed by atoms with Gasteiger partial charge in [-0.05, 0) is 37.6 Å². The Bertz CT molecular complexity index is 1160. The second-order valence-corrected chi connectivity index (χ2v) is 11.6. The molecule has 29 heavy (non-hydrogen) atoms. The predicted octanol–water partition coefficient (Wildman–Crippen LogP) is 4.65. The maximum absolute atomic E-state index is 12.9. The third kappa shape index (κ3) is 4.88. The number of aromatic nitrogens is 1. The molecule has 0 bridgehead atoms. The van der Waals surface area contributed by atoms with Gasteiger partial charge in [-0.25, -0.2) is 13.4 Å². The molecular weight excluding hydrogens is 424 g/mol. The van der Waals surface area contributed by atoms with Crippen LogP contribution in [0.2, 0.25) is 0 Å². The first kappa shape index (κ1) is 20.1. The van der Waals surface area contributed by atoms with E-state index in [-0.39, 0.29) is 22.7 Å². The van der Waals surface area contributed by atoms with Crippen molar-refractivity contribution in [2.45, 2.75) is 23.5 Å². The normalized spacial score (nSPS) is 17.9. The number of carbonyl (C=O) groups is 1. The zero-order valence-corrected chi connectivity index (χ0v) is 18.2. The average Bonchev–Trinajstić information content (AvgIpc) is 3.27. The summed E-state index contributed by atoms with van der Waals surface area (Å²) in [6.07, 6.45) is 0.623. The molecular formula is C21H20N2O3S3. The van der Waals surface area contributed by atoms with Gasteiger partial charge in [0.05, 0.1) is 27.8 Å². The minimum Gasteiger partial charge on any atom is -0.322 e. The van der Waals surface area contributed by atoms with E-state index in [0.717, 1.165) is 21.2 Å². The van der Waals surface area contributed by atoms with Crippen molar-refractivity contribution in [3.8, 4) is 11.3 Å². The fourth-order valence-corrected chi connectivity index (χ4v) is 7.49. The van der Waals surface area contributed by atoms with Crippen molar-refractivity contribution in [1.29, 1.82) is 0 Å². The van der Waals surface area contributed by atoms with Crippen LogP contribution in [0.5, 0.6) is 0 Å². The topological polar surface area (TPSA) is 76.1 Å². The lowest BCUT2D eigenvalue weighted by Gasteiger charge is -2.13. The molecule has 1 N–H and O–H groups in total. The van der Waals surface area contributed by atoms with Gasteiger partial charge in [-0.3, -0.25) is 4.79 Å². The SMILES string of the molecule is Cc1nc(-c2cccc(NC(=O)c3ccccc3SC3CCS(=O)(=O)C3)c2)cs1. The molecule has 0 spiro atoms. The molecule has 1 atom stereocenters. The highest BCUT2D eigenvalue weighted by atomic mass is 32.2. The van der Waals surface area contributed by atoms with Crippen LogP contribution in [0.25, 0.3) is 11.3 Å². The van der Waals surface area contributed by atoms with Gasteiger partial charge in [0.25, 0.3) is 5.91 Å². The molecule has 4 rings (SSSR count). The lowest BCUT2D eigenvalue weighted by atomic mass is 10.1. The standard InChI is InChI=1S/C21H20N2O3S3/c1-14-22-19(12-27-14)15-5-4-6-16(11-15)23-21(24)18-7-2-3-8-20(18)28-17-9-10-29(25,26)13-17/h2-8,11-12,17H,9-10,13H2,1H3,(H,23,24). The molecule has 2 aromatic carbocycles. The van der Waals surface area contributed by atoms with Crippen molar-refractivity contribution >= 4 is 44.5 Å². The number of nitrogens with one attached hydrogen (secondary N) is 1. The maximum atomic E-state index is 12.9. The molecule has 0 saturated carbocycles. The average molecular weight is 445 g/mol. The quantitative estimate of drug-likeness (QED) is 0.620. The van der Waals surface area contributed by atoms with Crippen LogP contribution >= 0.6 is 23.1 Å². The lowest BCUT2D eigenvalue weighted by Crippen LogP contribution is -2.14. The number of hydrogen-bond donors (Lipinski definition) is 1. The highest BCUT2D eigenvalue weighted by Crippen LogP contribution is 2.33. The molecule has 2 heterocycles. The maximum Gasteiger partial charge on any atom is 0.256 e. The predicted molar refractivity (Wildman–Crippen MR) is 120 cm³/mol. The molecule has 5 nitrogen and oxygen atoms in total. The van der Waals surface area contributed by atoms with Gasteiger partial charge in [-0.2, -0.15) is 0 Å². The number of benzene rings is 2. The fourth-order valence-electron chi connectivity index (χ4n) is 3.24. The number of aryl methyl sites for hydroxylation is 1. The monoisotopic (exact) mass is 444 g/mol. The Labute approximate surface area is 178 Å². The van der Waals surface area contributed by atoms with Gasteiger partial charge in [0, 0.05) is 26.8 Å². The van der Waals surface area contributed by atoms with Gasteiger partial charge >= 0.3 is 0 Å². The molecule has 1 aliphatic heterocycles. The van der Waals surface area contributed by atoms with Crippen molar-refractivity contribution in [2.75, 3.05) is 16.8 Å². The smallest absolute Gasteiger partial charge is 0.256 e. The first-order valence-corrected chi connectivity index (χ1v) is 12.8. The fraction of sp³-hybridized carbons (Fsp3) is 0.238. The second-order valence-electron chi connectivity index (χ2n) is 6.93. The Morgan fingerprint density at radius 1 is 1.21 bits per heavy atom. The summed E-state index contributed by atoms with van der Waals surface area (Å²) in [6.45, 7) is 1.96. The molecule has 0 radical (unpaired) electrons. The molecule has 1 aliphatic rings. The Morgan fingerprint density at radius 2 is 2.03 bits per heavy atom. The Balaban J connectivity index is 1.52. The van der Waals surface area contributed by atoms with Gasteiger partial charge in [0.15, 0.2) is 9.84 Å². The number of thiazole rings is 1. The van der Waals surface area contributed by atoms with Crippen molar-refractivity contribution in [2.24, 2.45) is 0 Å². The number of nitrogens with zero attached hydrogens (tertiary/aromatic N) is 1. The highest BCUT2D eigenvalue weighted by Gasteiger charge is 2.29. The first-order chi connectivity index (χ1) is 13.9. The van der Waals surface area contributed by atoms with Crippen LogP contribution in [0.1, 0.15) is 21.8 Å².